The van der Waals surface area contributed by atoms with Crippen LogP contribution in [-0.2, 0) is 0 Å². The Kier molecular flexibility index (Phi) is 3.59. The second-order valence-electron chi connectivity index (χ2n) is 3.31. The van der Waals surface area contributed by atoms with Crippen molar-refractivity contribution in [2.24, 2.45) is 0 Å². The van der Waals surface area contributed by atoms with Crippen molar-refractivity contribution in [1.82, 2.24) is 4.98 Å². The van der Waals surface area contributed by atoms with Crippen LogP contribution in [0.3, 0.4) is 0 Å². The molecule has 80 valence electrons. The van der Waals surface area contributed by atoms with E-state index in [0.29, 0.717) is 0 Å². The van der Waals surface area contributed by atoms with Gasteiger partial charge in [0.05, 0.1) is 15.1 Å². The van der Waals surface area contributed by atoms with E-state index >= 15 is 0 Å². The average Bonchev–Trinajstić information content (AvgIpc) is 2.57. The van der Waals surface area contributed by atoms with Gasteiger partial charge in [0, 0.05) is 17.6 Å². The molecule has 0 amide bonds. The first-order valence-electron chi connectivity index (χ1n) is 4.97. The number of pyridine rings is 1. The van der Waals surface area contributed by atoms with Crippen LogP contribution < -0.4 is 4.74 Å². The number of halogens is 1. The van der Waals surface area contributed by atoms with Gasteiger partial charge in [-0.25, -0.2) is 4.98 Å². The van der Waals surface area contributed by atoms with Crippen molar-refractivity contribution in [2.75, 3.05) is 6.61 Å². The summed E-state index contributed by atoms with van der Waals surface area (Å²) in [7, 11) is 0. The molecule has 0 aliphatic rings. The number of ether oxygens (including phenoxy) is 1. The molecule has 0 aliphatic carbocycles. The van der Waals surface area contributed by atoms with E-state index < -0.39 is 0 Å². The normalized spacial score (nSPS) is 10.8. The minimum atomic E-state index is 0.723. The van der Waals surface area contributed by atoms with Crippen LogP contribution >= 0.6 is 27.3 Å². The highest BCUT2D eigenvalue weighted by molar-refractivity contribution is 9.11. The second-order valence-corrected chi connectivity index (χ2v) is 5.78. The summed E-state index contributed by atoms with van der Waals surface area (Å²) in [4.78, 5) is 4.26. The van der Waals surface area contributed by atoms with Gasteiger partial charge in [-0.3, -0.25) is 0 Å². The lowest BCUT2D eigenvalue weighted by Gasteiger charge is -2.03. The Morgan fingerprint density at radius 3 is 3.13 bits per heavy atom. The predicted octanol–water partition coefficient (Wildman–Crippen LogP) is 4.24. The van der Waals surface area contributed by atoms with E-state index in [1.165, 1.54) is 10.1 Å². The van der Waals surface area contributed by atoms with Gasteiger partial charge in [-0.1, -0.05) is 13.3 Å². The summed E-state index contributed by atoms with van der Waals surface area (Å²) < 4.78 is 7.86. The zero-order valence-corrected chi connectivity index (χ0v) is 10.9. The van der Waals surface area contributed by atoms with Crippen molar-refractivity contribution < 1.29 is 4.74 Å². The minimum Gasteiger partial charge on any atom is -0.478 e. The van der Waals surface area contributed by atoms with Crippen molar-refractivity contribution in [2.45, 2.75) is 19.8 Å². The van der Waals surface area contributed by atoms with Crippen LogP contribution in [0.15, 0.2) is 22.1 Å². The monoisotopic (exact) mass is 285 g/mol. The first-order valence-corrected chi connectivity index (χ1v) is 6.58. The number of rotatable bonds is 4. The van der Waals surface area contributed by atoms with Crippen LogP contribution in [0, 0.1) is 0 Å². The predicted molar refractivity (Wildman–Crippen MR) is 67.7 cm³/mol. The summed E-state index contributed by atoms with van der Waals surface area (Å²) in [5.41, 5.74) is 0. The van der Waals surface area contributed by atoms with E-state index in [-0.39, 0.29) is 0 Å². The molecule has 0 aliphatic heterocycles. The number of hydrogen-bond donors (Lipinski definition) is 0. The molecular weight excluding hydrogens is 274 g/mol. The fourth-order valence-electron chi connectivity index (χ4n) is 1.29. The number of fused-ring (bicyclic) bond motifs is 1. The third-order valence-electron chi connectivity index (χ3n) is 2.10. The molecule has 0 unspecified atom stereocenters. The summed E-state index contributed by atoms with van der Waals surface area (Å²) in [6.45, 7) is 2.90. The Morgan fingerprint density at radius 1 is 1.47 bits per heavy atom. The van der Waals surface area contributed by atoms with Crippen molar-refractivity contribution >= 4 is 37.4 Å². The quantitative estimate of drug-likeness (QED) is 0.784. The van der Waals surface area contributed by atoms with Crippen LogP contribution in [0.25, 0.3) is 10.1 Å². The van der Waals surface area contributed by atoms with Crippen molar-refractivity contribution in [1.29, 1.82) is 0 Å². The number of aromatic nitrogens is 1. The first-order chi connectivity index (χ1) is 7.29. The van der Waals surface area contributed by atoms with Gasteiger partial charge in [0.1, 0.15) is 0 Å². The maximum atomic E-state index is 5.54. The molecule has 0 spiro atoms. The molecule has 2 heterocycles. The molecule has 0 aromatic carbocycles. The minimum absolute atomic E-state index is 0.723. The van der Waals surface area contributed by atoms with Gasteiger partial charge in [-0.15, -0.1) is 11.3 Å². The average molecular weight is 286 g/mol. The third kappa shape index (κ3) is 2.69. The Bertz CT molecular complexity index is 455. The van der Waals surface area contributed by atoms with Crippen molar-refractivity contribution in [3.05, 3.63) is 22.1 Å². The van der Waals surface area contributed by atoms with E-state index in [1.807, 2.05) is 12.3 Å². The lowest BCUT2D eigenvalue weighted by atomic mass is 10.3. The van der Waals surface area contributed by atoms with E-state index in [4.69, 9.17) is 4.74 Å². The molecule has 15 heavy (non-hydrogen) atoms. The Morgan fingerprint density at radius 2 is 2.33 bits per heavy atom. The van der Waals surface area contributed by atoms with E-state index in [9.17, 15) is 0 Å². The topological polar surface area (TPSA) is 22.1 Å². The summed E-state index contributed by atoms with van der Waals surface area (Å²) in [5.74, 6) is 0.723. The fraction of sp³-hybridized carbons (Fsp3) is 0.364. The maximum absolute atomic E-state index is 5.54. The molecule has 2 rings (SSSR count). The molecule has 4 heteroatoms. The molecule has 2 aromatic rings. The largest absolute Gasteiger partial charge is 0.478 e. The summed E-state index contributed by atoms with van der Waals surface area (Å²) in [5, 5.41) is 1.19. The zero-order chi connectivity index (χ0) is 10.7. The summed E-state index contributed by atoms with van der Waals surface area (Å²) in [6, 6.07) is 4.08. The fourth-order valence-corrected chi connectivity index (χ4v) is 2.80. The highest BCUT2D eigenvalue weighted by Crippen LogP contribution is 2.30. The molecule has 2 nitrogen and oxygen atoms in total. The molecule has 0 fully saturated rings. The van der Waals surface area contributed by atoms with E-state index in [2.05, 4.69) is 33.9 Å². The third-order valence-corrected chi connectivity index (χ3v) is 3.69. The Balaban J connectivity index is 2.15. The molecule has 0 radical (unpaired) electrons. The molecule has 2 aromatic heterocycles. The van der Waals surface area contributed by atoms with Crippen LogP contribution in [0.2, 0.25) is 0 Å². The van der Waals surface area contributed by atoms with Crippen molar-refractivity contribution in [3.8, 4) is 5.88 Å². The number of unbranched alkanes of at least 4 members (excludes halogenated alkanes) is 1. The van der Waals surface area contributed by atoms with Gasteiger partial charge in [0.15, 0.2) is 0 Å². The summed E-state index contributed by atoms with van der Waals surface area (Å²) >= 11 is 5.15. The lowest BCUT2D eigenvalue weighted by Crippen LogP contribution is -1.97. The lowest BCUT2D eigenvalue weighted by molar-refractivity contribution is 0.298. The number of hydrogen-bond acceptors (Lipinski definition) is 3. The van der Waals surface area contributed by atoms with Gasteiger partial charge in [0.25, 0.3) is 0 Å². The van der Waals surface area contributed by atoms with E-state index in [1.54, 1.807) is 11.3 Å². The summed E-state index contributed by atoms with van der Waals surface area (Å²) in [6.07, 6.45) is 4.09. The van der Waals surface area contributed by atoms with Crippen molar-refractivity contribution in [3.63, 3.8) is 0 Å². The molecular formula is C11H12BrNOS. The van der Waals surface area contributed by atoms with E-state index in [0.717, 1.165) is 29.1 Å². The first kappa shape index (κ1) is 10.9. The highest BCUT2D eigenvalue weighted by Gasteiger charge is 2.02. The number of nitrogens with zero attached hydrogens (tertiary/aromatic N) is 1. The highest BCUT2D eigenvalue weighted by atomic mass is 79.9. The molecule has 0 bridgehead atoms. The van der Waals surface area contributed by atoms with Crippen LogP contribution in [0.5, 0.6) is 5.88 Å². The van der Waals surface area contributed by atoms with Gasteiger partial charge in [-0.2, -0.15) is 0 Å². The Labute approximate surface area is 101 Å². The van der Waals surface area contributed by atoms with Crippen LogP contribution in [0.4, 0.5) is 0 Å². The van der Waals surface area contributed by atoms with Crippen LogP contribution in [0.1, 0.15) is 19.8 Å². The zero-order valence-electron chi connectivity index (χ0n) is 8.50. The smallest absolute Gasteiger partial charge is 0.213 e. The van der Waals surface area contributed by atoms with Gasteiger partial charge < -0.3 is 4.74 Å². The molecule has 0 saturated heterocycles. The second kappa shape index (κ2) is 4.94. The number of thiophene rings is 1. The van der Waals surface area contributed by atoms with Crippen LogP contribution in [-0.4, -0.2) is 11.6 Å². The maximum Gasteiger partial charge on any atom is 0.213 e. The Hall–Kier alpha value is -0.610. The molecule has 0 N–H and O–H groups in total. The standard InChI is InChI=1S/C11H12BrNOS/c1-2-3-4-14-11-6-8-5-10(12)15-9(8)7-13-11/h5-7H,2-4H2,1H3. The molecule has 0 atom stereocenters. The molecule has 0 saturated carbocycles. The SMILES string of the molecule is CCCCOc1cc2cc(Br)sc2cn1. The van der Waals surface area contributed by atoms with Gasteiger partial charge in [0.2, 0.25) is 5.88 Å². The van der Waals surface area contributed by atoms with Gasteiger partial charge in [-0.05, 0) is 28.4 Å². The van der Waals surface area contributed by atoms with Gasteiger partial charge >= 0.3 is 0 Å².